The Hall–Kier alpha value is -0.850. The third-order valence-electron chi connectivity index (χ3n) is 4.65. The van der Waals surface area contributed by atoms with E-state index in [2.05, 4.69) is 27.4 Å². The molecule has 0 unspecified atom stereocenters. The van der Waals surface area contributed by atoms with Crippen molar-refractivity contribution in [3.05, 3.63) is 0 Å². The first-order valence-corrected chi connectivity index (χ1v) is 9.65. The van der Waals surface area contributed by atoms with Crippen molar-refractivity contribution in [1.29, 1.82) is 0 Å². The molecule has 1 saturated carbocycles. The lowest BCUT2D eigenvalue weighted by atomic mass is 10.1. The summed E-state index contributed by atoms with van der Waals surface area (Å²) in [4.78, 5) is 7.18. The second kappa shape index (κ2) is 11.7. The zero-order valence-corrected chi connectivity index (χ0v) is 15.6. The van der Waals surface area contributed by atoms with Gasteiger partial charge in [-0.2, -0.15) is 0 Å². The van der Waals surface area contributed by atoms with Crippen molar-refractivity contribution < 1.29 is 9.47 Å². The Morgan fingerprint density at radius 3 is 2.62 bits per heavy atom. The van der Waals surface area contributed by atoms with Crippen LogP contribution in [0.3, 0.4) is 0 Å². The first-order valence-electron chi connectivity index (χ1n) is 9.65. The van der Waals surface area contributed by atoms with E-state index < -0.39 is 0 Å². The SMILES string of the molecule is CCNC(=NCCOCC1CC1)NC1CCN(CCCOC)CC1. The molecule has 0 amide bonds. The highest BCUT2D eigenvalue weighted by Gasteiger charge is 2.21. The first kappa shape index (κ1) is 19.5. The fourth-order valence-electron chi connectivity index (χ4n) is 3.00. The maximum atomic E-state index is 5.66. The number of nitrogens with one attached hydrogen (secondary N) is 2. The molecule has 2 N–H and O–H groups in total. The van der Waals surface area contributed by atoms with Crippen LogP contribution < -0.4 is 10.6 Å². The van der Waals surface area contributed by atoms with Crippen LogP contribution in [0.5, 0.6) is 0 Å². The molecule has 24 heavy (non-hydrogen) atoms. The van der Waals surface area contributed by atoms with Crippen LogP contribution in [0.1, 0.15) is 39.0 Å². The van der Waals surface area contributed by atoms with Gasteiger partial charge in [0.05, 0.1) is 13.2 Å². The summed E-state index contributed by atoms with van der Waals surface area (Å²) in [6.07, 6.45) is 6.17. The van der Waals surface area contributed by atoms with E-state index in [1.807, 2.05) is 0 Å². The van der Waals surface area contributed by atoms with Crippen LogP contribution in [0.25, 0.3) is 0 Å². The quantitative estimate of drug-likeness (QED) is 0.339. The van der Waals surface area contributed by atoms with Gasteiger partial charge in [0.1, 0.15) is 0 Å². The predicted molar refractivity (Wildman–Crippen MR) is 98.6 cm³/mol. The lowest BCUT2D eigenvalue weighted by molar-refractivity contribution is 0.131. The van der Waals surface area contributed by atoms with Crippen LogP contribution in [-0.4, -0.2) is 76.6 Å². The second-order valence-corrected chi connectivity index (χ2v) is 6.89. The van der Waals surface area contributed by atoms with Crippen LogP contribution in [0.15, 0.2) is 4.99 Å². The number of methoxy groups -OCH3 is 1. The van der Waals surface area contributed by atoms with Gasteiger partial charge in [0, 0.05) is 52.5 Å². The lowest BCUT2D eigenvalue weighted by Gasteiger charge is -2.33. The molecule has 1 aliphatic carbocycles. The normalized spacial score (nSPS) is 20.3. The van der Waals surface area contributed by atoms with Crippen LogP contribution >= 0.6 is 0 Å². The van der Waals surface area contributed by atoms with E-state index in [1.165, 1.54) is 25.7 Å². The Bertz CT molecular complexity index is 353. The van der Waals surface area contributed by atoms with Crippen molar-refractivity contribution >= 4 is 5.96 Å². The van der Waals surface area contributed by atoms with Crippen molar-refractivity contribution in [2.45, 2.75) is 45.1 Å². The molecule has 1 heterocycles. The Kier molecular flexibility index (Phi) is 9.46. The minimum Gasteiger partial charge on any atom is -0.385 e. The number of guanidine groups is 1. The molecule has 1 aliphatic heterocycles. The molecule has 140 valence electrons. The molecule has 0 atom stereocenters. The number of nitrogens with zero attached hydrogens (tertiary/aromatic N) is 2. The molecule has 0 radical (unpaired) electrons. The van der Waals surface area contributed by atoms with Crippen LogP contribution in [0.2, 0.25) is 0 Å². The maximum Gasteiger partial charge on any atom is 0.191 e. The highest BCUT2D eigenvalue weighted by Crippen LogP contribution is 2.28. The van der Waals surface area contributed by atoms with Gasteiger partial charge in [-0.15, -0.1) is 0 Å². The minimum absolute atomic E-state index is 0.522. The van der Waals surface area contributed by atoms with Gasteiger partial charge in [0.25, 0.3) is 0 Å². The van der Waals surface area contributed by atoms with E-state index in [0.29, 0.717) is 6.04 Å². The topological polar surface area (TPSA) is 58.1 Å². The van der Waals surface area contributed by atoms with Crippen LogP contribution in [0, 0.1) is 5.92 Å². The number of hydrogen-bond acceptors (Lipinski definition) is 4. The van der Waals surface area contributed by atoms with E-state index in [9.17, 15) is 0 Å². The average Bonchev–Trinajstić information content (AvgIpc) is 3.41. The summed E-state index contributed by atoms with van der Waals surface area (Å²) >= 11 is 0. The third kappa shape index (κ3) is 8.31. The van der Waals surface area contributed by atoms with Gasteiger partial charge in [-0.25, -0.2) is 0 Å². The van der Waals surface area contributed by atoms with Crippen molar-refractivity contribution in [1.82, 2.24) is 15.5 Å². The smallest absolute Gasteiger partial charge is 0.191 e. The molecule has 6 heteroatoms. The Morgan fingerprint density at radius 2 is 1.96 bits per heavy atom. The van der Waals surface area contributed by atoms with Gasteiger partial charge < -0.3 is 25.0 Å². The van der Waals surface area contributed by atoms with E-state index >= 15 is 0 Å². The van der Waals surface area contributed by atoms with E-state index in [0.717, 1.165) is 70.8 Å². The van der Waals surface area contributed by atoms with Gasteiger partial charge in [-0.3, -0.25) is 4.99 Å². The molecule has 1 saturated heterocycles. The number of rotatable bonds is 11. The summed E-state index contributed by atoms with van der Waals surface area (Å²) in [7, 11) is 1.77. The van der Waals surface area contributed by atoms with Crippen molar-refractivity contribution in [2.24, 2.45) is 10.9 Å². The molecular formula is C18H36N4O2. The highest BCUT2D eigenvalue weighted by molar-refractivity contribution is 5.80. The van der Waals surface area contributed by atoms with Crippen molar-refractivity contribution in [3.63, 3.8) is 0 Å². The van der Waals surface area contributed by atoms with Crippen molar-refractivity contribution in [2.75, 3.05) is 59.7 Å². The maximum absolute atomic E-state index is 5.66. The Balaban J connectivity index is 1.60. The average molecular weight is 341 g/mol. The second-order valence-electron chi connectivity index (χ2n) is 6.89. The van der Waals surface area contributed by atoms with E-state index in [-0.39, 0.29) is 0 Å². The summed E-state index contributed by atoms with van der Waals surface area (Å²) in [5.41, 5.74) is 0. The number of ether oxygens (including phenoxy) is 2. The van der Waals surface area contributed by atoms with Gasteiger partial charge >= 0.3 is 0 Å². The molecule has 0 aromatic carbocycles. The molecule has 6 nitrogen and oxygen atoms in total. The summed E-state index contributed by atoms with van der Waals surface area (Å²) in [5, 5.41) is 6.94. The van der Waals surface area contributed by atoms with Gasteiger partial charge in [-0.1, -0.05) is 0 Å². The van der Waals surface area contributed by atoms with Gasteiger partial charge in [0.2, 0.25) is 0 Å². The predicted octanol–water partition coefficient (Wildman–Crippen LogP) is 1.47. The largest absolute Gasteiger partial charge is 0.385 e. The Labute approximate surface area is 147 Å². The molecule has 2 rings (SSSR count). The third-order valence-corrected chi connectivity index (χ3v) is 4.65. The number of piperidine rings is 1. The number of aliphatic imine (C=N–C) groups is 1. The molecule has 0 bridgehead atoms. The monoisotopic (exact) mass is 340 g/mol. The lowest BCUT2D eigenvalue weighted by Crippen LogP contribution is -2.49. The molecule has 2 aliphatic rings. The number of likely N-dealkylation sites (tertiary alicyclic amines) is 1. The fourth-order valence-corrected chi connectivity index (χ4v) is 3.00. The fraction of sp³-hybridized carbons (Fsp3) is 0.944. The summed E-state index contributed by atoms with van der Waals surface area (Å²) in [6.45, 7) is 9.70. The molecule has 2 fully saturated rings. The zero-order valence-electron chi connectivity index (χ0n) is 15.6. The summed E-state index contributed by atoms with van der Waals surface area (Å²) in [6, 6.07) is 0.522. The molecular weight excluding hydrogens is 304 g/mol. The van der Waals surface area contributed by atoms with Crippen LogP contribution in [-0.2, 0) is 9.47 Å². The highest BCUT2D eigenvalue weighted by atomic mass is 16.5. The van der Waals surface area contributed by atoms with Gasteiger partial charge in [-0.05, 0) is 44.9 Å². The van der Waals surface area contributed by atoms with Gasteiger partial charge in [0.15, 0.2) is 5.96 Å². The van der Waals surface area contributed by atoms with Crippen LogP contribution in [0.4, 0.5) is 0 Å². The molecule has 0 aromatic heterocycles. The Morgan fingerprint density at radius 1 is 1.17 bits per heavy atom. The molecule has 0 aromatic rings. The summed E-state index contributed by atoms with van der Waals surface area (Å²) < 4.78 is 10.8. The zero-order chi connectivity index (χ0) is 17.0. The molecule has 0 spiro atoms. The minimum atomic E-state index is 0.522. The number of hydrogen-bond donors (Lipinski definition) is 2. The van der Waals surface area contributed by atoms with E-state index in [4.69, 9.17) is 9.47 Å². The van der Waals surface area contributed by atoms with E-state index in [1.54, 1.807) is 7.11 Å². The summed E-state index contributed by atoms with van der Waals surface area (Å²) in [5.74, 6) is 1.76. The van der Waals surface area contributed by atoms with Crippen molar-refractivity contribution in [3.8, 4) is 0 Å². The standard InChI is InChI=1S/C18H36N4O2/c1-3-19-18(20-9-14-24-15-16-5-6-16)21-17-7-11-22(12-8-17)10-4-13-23-2/h16-17H,3-15H2,1-2H3,(H2,19,20,21). The first-order chi connectivity index (χ1) is 11.8.